The molecular formula is C21H32N4O. The summed E-state index contributed by atoms with van der Waals surface area (Å²) >= 11 is 0. The molecule has 5 heteroatoms. The molecule has 0 spiro atoms. The average Bonchev–Trinajstić information content (AvgIpc) is 3.46. The van der Waals surface area contributed by atoms with Crippen molar-refractivity contribution < 1.29 is 4.79 Å². The number of hydrogen-bond donors (Lipinski definition) is 1. The van der Waals surface area contributed by atoms with Crippen molar-refractivity contribution in [2.24, 2.45) is 0 Å². The van der Waals surface area contributed by atoms with Gasteiger partial charge in [-0.15, -0.1) is 0 Å². The van der Waals surface area contributed by atoms with Crippen LogP contribution in [-0.4, -0.2) is 73.6 Å². The van der Waals surface area contributed by atoms with Gasteiger partial charge < -0.3 is 10.2 Å². The van der Waals surface area contributed by atoms with E-state index in [1.165, 1.54) is 36.9 Å². The highest BCUT2D eigenvalue weighted by Crippen LogP contribution is 2.23. The number of nitrogens with zero attached hydrogens (tertiary/aromatic N) is 3. The molecule has 1 amide bonds. The number of benzene rings is 1. The third-order valence-electron chi connectivity index (χ3n) is 6.08. The van der Waals surface area contributed by atoms with Crippen LogP contribution in [0.3, 0.4) is 0 Å². The normalized spacial score (nSPS) is 25.3. The Kier molecular flexibility index (Phi) is 5.46. The molecule has 26 heavy (non-hydrogen) atoms. The monoisotopic (exact) mass is 356 g/mol. The fourth-order valence-corrected chi connectivity index (χ4v) is 4.42. The summed E-state index contributed by atoms with van der Waals surface area (Å²) in [6, 6.07) is 9.78. The summed E-state index contributed by atoms with van der Waals surface area (Å²) in [7, 11) is 0. The highest BCUT2D eigenvalue weighted by atomic mass is 16.2. The van der Waals surface area contributed by atoms with Gasteiger partial charge in [0.2, 0.25) is 5.91 Å². The molecule has 1 atom stereocenters. The molecule has 1 aromatic carbocycles. The number of nitrogens with one attached hydrogen (secondary N) is 1. The predicted molar refractivity (Wildman–Crippen MR) is 106 cm³/mol. The van der Waals surface area contributed by atoms with E-state index in [-0.39, 0.29) is 5.91 Å². The lowest BCUT2D eigenvalue weighted by molar-refractivity contribution is -0.122. The Bertz CT molecular complexity index is 622. The number of rotatable bonds is 5. The first-order valence-corrected chi connectivity index (χ1v) is 10.3. The lowest BCUT2D eigenvalue weighted by Crippen LogP contribution is -2.56. The Balaban J connectivity index is 1.27. The Morgan fingerprint density at radius 1 is 1.08 bits per heavy atom. The second kappa shape index (κ2) is 7.97. The lowest BCUT2D eigenvalue weighted by Gasteiger charge is -2.44. The number of para-hydroxylation sites is 1. The van der Waals surface area contributed by atoms with Crippen LogP contribution in [0.5, 0.6) is 0 Å². The van der Waals surface area contributed by atoms with Gasteiger partial charge in [-0.1, -0.05) is 18.2 Å². The average molecular weight is 357 g/mol. The fourth-order valence-electron chi connectivity index (χ4n) is 4.42. The van der Waals surface area contributed by atoms with Crippen LogP contribution in [0, 0.1) is 6.92 Å². The molecule has 2 saturated heterocycles. The van der Waals surface area contributed by atoms with E-state index >= 15 is 0 Å². The van der Waals surface area contributed by atoms with Gasteiger partial charge in [0.1, 0.15) is 0 Å². The van der Waals surface area contributed by atoms with E-state index in [0.717, 1.165) is 39.3 Å². The van der Waals surface area contributed by atoms with Gasteiger partial charge in [0.15, 0.2) is 0 Å². The van der Waals surface area contributed by atoms with E-state index in [4.69, 9.17) is 0 Å². The predicted octanol–water partition coefficient (Wildman–Crippen LogP) is 1.86. The van der Waals surface area contributed by atoms with E-state index in [1.54, 1.807) is 0 Å². The highest BCUT2D eigenvalue weighted by Gasteiger charge is 2.30. The van der Waals surface area contributed by atoms with Gasteiger partial charge in [0, 0.05) is 50.5 Å². The number of amides is 1. The first kappa shape index (κ1) is 17.8. The molecule has 0 bridgehead atoms. The quantitative estimate of drug-likeness (QED) is 0.874. The minimum Gasteiger partial charge on any atom is -0.369 e. The Morgan fingerprint density at radius 2 is 1.85 bits per heavy atom. The van der Waals surface area contributed by atoms with Crippen molar-refractivity contribution in [3.8, 4) is 0 Å². The maximum atomic E-state index is 12.1. The second-order valence-corrected chi connectivity index (χ2v) is 8.18. The van der Waals surface area contributed by atoms with E-state index < -0.39 is 0 Å². The molecule has 0 radical (unpaired) electrons. The van der Waals surface area contributed by atoms with Gasteiger partial charge in [0.25, 0.3) is 0 Å². The van der Waals surface area contributed by atoms with E-state index in [9.17, 15) is 4.79 Å². The van der Waals surface area contributed by atoms with E-state index in [0.29, 0.717) is 18.6 Å². The SMILES string of the molecule is Cc1ccccc1N1CCN(C2CCCN(CC(=O)NC3CC3)C2)CC1. The number of hydrogen-bond acceptors (Lipinski definition) is 4. The Hall–Kier alpha value is -1.59. The smallest absolute Gasteiger partial charge is 0.234 e. The van der Waals surface area contributed by atoms with Crippen LogP contribution >= 0.6 is 0 Å². The minimum absolute atomic E-state index is 0.220. The minimum atomic E-state index is 0.220. The summed E-state index contributed by atoms with van der Waals surface area (Å²) in [4.78, 5) is 19.6. The molecule has 3 fully saturated rings. The van der Waals surface area contributed by atoms with Crippen molar-refractivity contribution in [2.45, 2.75) is 44.7 Å². The molecule has 1 saturated carbocycles. The van der Waals surface area contributed by atoms with Crippen LogP contribution in [0.2, 0.25) is 0 Å². The standard InChI is InChI=1S/C21H32N4O/c1-17-5-2-3-7-20(17)25-13-11-24(12-14-25)19-6-4-10-23(15-19)16-21(26)22-18-8-9-18/h2-3,5,7,18-19H,4,6,8-16H2,1H3,(H,22,26). The molecule has 1 aliphatic carbocycles. The molecule has 0 aromatic heterocycles. The van der Waals surface area contributed by atoms with Crippen molar-refractivity contribution in [1.82, 2.24) is 15.1 Å². The zero-order chi connectivity index (χ0) is 17.9. The first-order valence-electron chi connectivity index (χ1n) is 10.3. The molecule has 1 aromatic rings. The third-order valence-corrected chi connectivity index (χ3v) is 6.08. The molecule has 1 unspecified atom stereocenters. The van der Waals surface area contributed by atoms with Gasteiger partial charge >= 0.3 is 0 Å². The van der Waals surface area contributed by atoms with Gasteiger partial charge in [-0.2, -0.15) is 0 Å². The first-order chi connectivity index (χ1) is 12.7. The zero-order valence-corrected chi connectivity index (χ0v) is 16.0. The van der Waals surface area contributed by atoms with Gasteiger partial charge in [-0.05, 0) is 50.8 Å². The molecule has 142 valence electrons. The number of anilines is 1. The lowest BCUT2D eigenvalue weighted by atomic mass is 10.0. The third kappa shape index (κ3) is 4.38. The molecule has 2 aliphatic heterocycles. The molecular weight excluding hydrogens is 324 g/mol. The van der Waals surface area contributed by atoms with Crippen LogP contribution in [0.25, 0.3) is 0 Å². The summed E-state index contributed by atoms with van der Waals surface area (Å²) < 4.78 is 0. The zero-order valence-electron chi connectivity index (χ0n) is 16.0. The molecule has 1 N–H and O–H groups in total. The van der Waals surface area contributed by atoms with Crippen molar-refractivity contribution in [3.63, 3.8) is 0 Å². The molecule has 4 rings (SSSR count). The number of likely N-dealkylation sites (tertiary alicyclic amines) is 1. The summed E-state index contributed by atoms with van der Waals surface area (Å²) in [6.45, 7) is 9.35. The largest absolute Gasteiger partial charge is 0.369 e. The maximum absolute atomic E-state index is 12.1. The number of piperidine rings is 1. The van der Waals surface area contributed by atoms with Gasteiger partial charge in [-0.25, -0.2) is 0 Å². The van der Waals surface area contributed by atoms with E-state index in [2.05, 4.69) is 51.2 Å². The number of piperazine rings is 1. The summed E-state index contributed by atoms with van der Waals surface area (Å²) in [5.74, 6) is 0.220. The topological polar surface area (TPSA) is 38.8 Å². The maximum Gasteiger partial charge on any atom is 0.234 e. The van der Waals surface area contributed by atoms with Crippen LogP contribution in [0.15, 0.2) is 24.3 Å². The number of aryl methyl sites for hydroxylation is 1. The fraction of sp³-hybridized carbons (Fsp3) is 0.667. The molecule has 3 aliphatic rings. The van der Waals surface area contributed by atoms with Crippen LogP contribution < -0.4 is 10.2 Å². The molecule has 2 heterocycles. The molecule has 5 nitrogen and oxygen atoms in total. The summed E-state index contributed by atoms with van der Waals surface area (Å²) in [5, 5.41) is 3.12. The van der Waals surface area contributed by atoms with E-state index in [1.807, 2.05) is 0 Å². The Labute approximate surface area is 157 Å². The Morgan fingerprint density at radius 3 is 2.58 bits per heavy atom. The number of carbonyl (C=O) groups is 1. The van der Waals surface area contributed by atoms with Crippen molar-refractivity contribution in [3.05, 3.63) is 29.8 Å². The van der Waals surface area contributed by atoms with Crippen molar-refractivity contribution in [2.75, 3.05) is 50.7 Å². The second-order valence-electron chi connectivity index (χ2n) is 8.18. The summed E-state index contributed by atoms with van der Waals surface area (Å²) in [5.41, 5.74) is 2.75. The van der Waals surface area contributed by atoms with Crippen molar-refractivity contribution in [1.29, 1.82) is 0 Å². The van der Waals surface area contributed by atoms with Crippen LogP contribution in [0.4, 0.5) is 5.69 Å². The summed E-state index contributed by atoms with van der Waals surface area (Å²) in [6.07, 6.45) is 4.81. The van der Waals surface area contributed by atoms with Crippen LogP contribution in [0.1, 0.15) is 31.2 Å². The van der Waals surface area contributed by atoms with Crippen LogP contribution in [-0.2, 0) is 4.79 Å². The number of carbonyl (C=O) groups excluding carboxylic acids is 1. The van der Waals surface area contributed by atoms with Crippen molar-refractivity contribution >= 4 is 11.6 Å². The highest BCUT2D eigenvalue weighted by molar-refractivity contribution is 5.78. The van der Waals surface area contributed by atoms with Gasteiger partial charge in [-0.3, -0.25) is 14.6 Å². The van der Waals surface area contributed by atoms with Gasteiger partial charge in [0.05, 0.1) is 6.54 Å².